The third kappa shape index (κ3) is 3.44. The number of piperidine rings is 2. The first-order valence-electron chi connectivity index (χ1n) is 7.40. The van der Waals surface area contributed by atoms with Gasteiger partial charge >= 0.3 is 0 Å². The Kier molecular flexibility index (Phi) is 5.42. The summed E-state index contributed by atoms with van der Waals surface area (Å²) in [5.41, 5.74) is 5.67. The summed E-state index contributed by atoms with van der Waals surface area (Å²) in [5.74, 6) is 0.886. The topological polar surface area (TPSA) is 41.7 Å². The third-order valence-corrected chi connectivity index (χ3v) is 4.79. The van der Waals surface area contributed by atoms with Crippen molar-refractivity contribution in [1.29, 1.82) is 0 Å². The first kappa shape index (κ1) is 14.3. The second kappa shape index (κ2) is 6.85. The summed E-state index contributed by atoms with van der Waals surface area (Å²) in [6.45, 7) is 5.59. The van der Waals surface area contributed by atoms with Crippen LogP contribution in [-0.2, 0) is 4.74 Å². The molecule has 2 fully saturated rings. The van der Waals surface area contributed by atoms with Crippen molar-refractivity contribution in [2.75, 3.05) is 46.9 Å². The predicted molar refractivity (Wildman–Crippen MR) is 74.7 cm³/mol. The molecule has 106 valence electrons. The molecule has 0 radical (unpaired) electrons. The van der Waals surface area contributed by atoms with Gasteiger partial charge in [-0.05, 0) is 51.7 Å². The molecule has 18 heavy (non-hydrogen) atoms. The molecule has 0 aromatic carbocycles. The number of rotatable bonds is 5. The molecular weight excluding hydrogens is 226 g/mol. The van der Waals surface area contributed by atoms with Crippen molar-refractivity contribution in [2.45, 2.75) is 37.8 Å². The first-order chi connectivity index (χ1) is 8.74. The van der Waals surface area contributed by atoms with E-state index in [-0.39, 0.29) is 6.10 Å². The third-order valence-electron chi connectivity index (χ3n) is 4.79. The van der Waals surface area contributed by atoms with Crippen LogP contribution in [-0.4, -0.2) is 68.8 Å². The van der Waals surface area contributed by atoms with Gasteiger partial charge < -0.3 is 20.3 Å². The number of nitrogens with two attached hydrogens (primary N) is 1. The molecule has 2 heterocycles. The number of nitrogens with zero attached hydrogens (tertiary/aromatic N) is 2. The Bertz CT molecular complexity index is 245. The van der Waals surface area contributed by atoms with Gasteiger partial charge in [0.1, 0.15) is 0 Å². The van der Waals surface area contributed by atoms with Gasteiger partial charge in [0.05, 0.1) is 6.10 Å². The van der Waals surface area contributed by atoms with E-state index in [1.807, 2.05) is 0 Å². The van der Waals surface area contributed by atoms with E-state index in [1.54, 1.807) is 7.11 Å². The Balaban J connectivity index is 1.76. The maximum atomic E-state index is 5.67. The highest BCUT2D eigenvalue weighted by atomic mass is 16.5. The van der Waals surface area contributed by atoms with Crippen LogP contribution < -0.4 is 5.73 Å². The van der Waals surface area contributed by atoms with Crippen molar-refractivity contribution in [2.24, 2.45) is 11.7 Å². The predicted octanol–water partition coefficient (Wildman–Crippen LogP) is 0.766. The van der Waals surface area contributed by atoms with Crippen molar-refractivity contribution < 1.29 is 4.74 Å². The lowest BCUT2D eigenvalue weighted by Gasteiger charge is -2.46. The van der Waals surface area contributed by atoms with Gasteiger partial charge in [-0.1, -0.05) is 0 Å². The smallest absolute Gasteiger partial charge is 0.0705 e. The van der Waals surface area contributed by atoms with Gasteiger partial charge in [-0.2, -0.15) is 0 Å². The number of fused-ring (bicyclic) bond motifs is 1. The first-order valence-corrected chi connectivity index (χ1v) is 7.40. The van der Waals surface area contributed by atoms with Gasteiger partial charge in [0, 0.05) is 32.8 Å². The van der Waals surface area contributed by atoms with Crippen LogP contribution in [0.1, 0.15) is 25.7 Å². The lowest BCUT2D eigenvalue weighted by molar-refractivity contribution is 0.0278. The number of hydrogen-bond donors (Lipinski definition) is 1. The fraction of sp³-hybridized carbons (Fsp3) is 1.00. The molecule has 0 amide bonds. The van der Waals surface area contributed by atoms with E-state index in [2.05, 4.69) is 16.8 Å². The van der Waals surface area contributed by atoms with Crippen molar-refractivity contribution in [1.82, 2.24) is 9.80 Å². The molecule has 2 aliphatic heterocycles. The number of methoxy groups -OCH3 is 1. The molecule has 4 heteroatoms. The zero-order chi connectivity index (χ0) is 13.0. The minimum absolute atomic E-state index is 0.233. The molecule has 0 aromatic rings. The van der Waals surface area contributed by atoms with Crippen molar-refractivity contribution in [3.8, 4) is 0 Å². The monoisotopic (exact) mass is 255 g/mol. The SMILES string of the molecule is COC(CN)CCN1CCC2C(CCCN2C)C1. The molecule has 4 nitrogen and oxygen atoms in total. The Morgan fingerprint density at radius 3 is 2.89 bits per heavy atom. The molecule has 0 bridgehead atoms. The van der Waals surface area contributed by atoms with Gasteiger partial charge in [-0.3, -0.25) is 0 Å². The van der Waals surface area contributed by atoms with Crippen LogP contribution in [0.5, 0.6) is 0 Å². The van der Waals surface area contributed by atoms with E-state index in [0.29, 0.717) is 6.54 Å². The van der Waals surface area contributed by atoms with E-state index in [1.165, 1.54) is 38.9 Å². The van der Waals surface area contributed by atoms with Crippen molar-refractivity contribution >= 4 is 0 Å². The van der Waals surface area contributed by atoms with E-state index in [9.17, 15) is 0 Å². The lowest BCUT2D eigenvalue weighted by Crippen LogP contribution is -2.53. The van der Waals surface area contributed by atoms with Crippen molar-refractivity contribution in [3.63, 3.8) is 0 Å². The molecule has 0 aliphatic carbocycles. The van der Waals surface area contributed by atoms with Crippen LogP contribution in [0.15, 0.2) is 0 Å². The molecule has 0 saturated carbocycles. The summed E-state index contributed by atoms with van der Waals surface area (Å²) in [4.78, 5) is 5.19. The highest BCUT2D eigenvalue weighted by molar-refractivity contribution is 4.89. The van der Waals surface area contributed by atoms with Crippen LogP contribution in [0.3, 0.4) is 0 Å². The minimum atomic E-state index is 0.233. The largest absolute Gasteiger partial charge is 0.380 e. The Hall–Kier alpha value is -0.160. The summed E-state index contributed by atoms with van der Waals surface area (Å²) in [6.07, 6.45) is 5.42. The Labute approximate surface area is 111 Å². The standard InChI is InChI=1S/C14H29N3O/c1-16-7-3-4-12-11-17(9-6-14(12)16)8-5-13(10-15)18-2/h12-14H,3-11,15H2,1-2H3. The number of ether oxygens (including phenoxy) is 1. The maximum Gasteiger partial charge on any atom is 0.0705 e. The van der Waals surface area contributed by atoms with E-state index in [0.717, 1.165) is 24.9 Å². The molecule has 0 spiro atoms. The van der Waals surface area contributed by atoms with E-state index >= 15 is 0 Å². The molecule has 2 aliphatic rings. The summed E-state index contributed by atoms with van der Waals surface area (Å²) < 4.78 is 5.35. The van der Waals surface area contributed by atoms with Gasteiger partial charge in [0.15, 0.2) is 0 Å². The number of hydrogen-bond acceptors (Lipinski definition) is 4. The van der Waals surface area contributed by atoms with Gasteiger partial charge in [0.25, 0.3) is 0 Å². The zero-order valence-corrected chi connectivity index (χ0v) is 12.0. The second-order valence-corrected chi connectivity index (χ2v) is 5.92. The molecule has 2 N–H and O–H groups in total. The summed E-state index contributed by atoms with van der Waals surface area (Å²) in [6, 6.07) is 0.836. The highest BCUT2D eigenvalue weighted by Gasteiger charge is 2.33. The second-order valence-electron chi connectivity index (χ2n) is 5.92. The summed E-state index contributed by atoms with van der Waals surface area (Å²) in [7, 11) is 4.06. The molecule has 0 aromatic heterocycles. The Morgan fingerprint density at radius 2 is 2.17 bits per heavy atom. The molecule has 2 saturated heterocycles. The number of likely N-dealkylation sites (tertiary alicyclic amines) is 2. The average Bonchev–Trinajstić information content (AvgIpc) is 2.40. The zero-order valence-electron chi connectivity index (χ0n) is 12.0. The van der Waals surface area contributed by atoms with Crippen LogP contribution >= 0.6 is 0 Å². The van der Waals surface area contributed by atoms with Crippen LogP contribution in [0, 0.1) is 5.92 Å². The average molecular weight is 255 g/mol. The Morgan fingerprint density at radius 1 is 1.33 bits per heavy atom. The lowest BCUT2D eigenvalue weighted by atomic mass is 9.84. The van der Waals surface area contributed by atoms with Crippen LogP contribution in [0.4, 0.5) is 0 Å². The fourth-order valence-corrected chi connectivity index (χ4v) is 3.59. The van der Waals surface area contributed by atoms with E-state index in [4.69, 9.17) is 10.5 Å². The minimum Gasteiger partial charge on any atom is -0.380 e. The molecule has 2 rings (SSSR count). The fourth-order valence-electron chi connectivity index (χ4n) is 3.59. The normalized spacial score (nSPS) is 32.2. The van der Waals surface area contributed by atoms with Crippen LogP contribution in [0.2, 0.25) is 0 Å². The van der Waals surface area contributed by atoms with Gasteiger partial charge in [-0.15, -0.1) is 0 Å². The van der Waals surface area contributed by atoms with Gasteiger partial charge in [0.2, 0.25) is 0 Å². The summed E-state index contributed by atoms with van der Waals surface area (Å²) >= 11 is 0. The van der Waals surface area contributed by atoms with Crippen LogP contribution in [0.25, 0.3) is 0 Å². The van der Waals surface area contributed by atoms with Gasteiger partial charge in [-0.25, -0.2) is 0 Å². The quantitative estimate of drug-likeness (QED) is 0.788. The molecule has 3 atom stereocenters. The van der Waals surface area contributed by atoms with E-state index < -0.39 is 0 Å². The van der Waals surface area contributed by atoms with Crippen molar-refractivity contribution in [3.05, 3.63) is 0 Å². The molecular formula is C14H29N3O. The molecule has 3 unspecified atom stereocenters. The maximum absolute atomic E-state index is 5.67. The summed E-state index contributed by atoms with van der Waals surface area (Å²) in [5, 5.41) is 0. The highest BCUT2D eigenvalue weighted by Crippen LogP contribution is 2.29.